The molecule has 1 saturated heterocycles. The summed E-state index contributed by atoms with van der Waals surface area (Å²) in [7, 11) is 0. The number of likely N-dealkylation sites (N-methyl/N-ethyl adjacent to an activating group) is 1. The van der Waals surface area contributed by atoms with E-state index in [2.05, 4.69) is 26.6 Å². The fourth-order valence-electron chi connectivity index (χ4n) is 5.59. The average molecular weight is 648 g/mol. The number of hydrogen-bond donors (Lipinski definition) is 9. The number of phenols is 1. The standard InChI is InChI=1S/C30H45N7O9/c1-2-32-26(42)20-13-17-8-9-24(39)18(12-17)15-37-11-5-7-23(37)30(46)33-19(6-3-4-10-31)27(43)35-21(14-25(40)41)28(44)36-22(16-38)29(45)34-20/h8-9,12,19-23,38-39H,2-7,10-11,13-16,31H2,1H3,(H,32,42)(H,33,46)(H,34,45)(H,35,43)(H,36,44)(H,40,41)/t19-,20?,21-,22?,23-/m0/s1. The molecule has 254 valence electrons. The first-order chi connectivity index (χ1) is 22.0. The first-order valence-corrected chi connectivity index (χ1v) is 15.5. The summed E-state index contributed by atoms with van der Waals surface area (Å²) in [5.41, 5.74) is 6.69. The van der Waals surface area contributed by atoms with Crippen molar-refractivity contribution in [1.82, 2.24) is 31.5 Å². The minimum atomic E-state index is -1.66. The smallest absolute Gasteiger partial charge is 0.305 e. The predicted molar refractivity (Wildman–Crippen MR) is 164 cm³/mol. The molecule has 46 heavy (non-hydrogen) atoms. The Morgan fingerprint density at radius 1 is 0.978 bits per heavy atom. The normalized spacial score (nSPS) is 25.1. The SMILES string of the molecule is CCNC(=O)C1Cc2ccc(O)c(c2)CN2CCC[C@H]2C(=O)N[C@@H](CCCCN)C(=O)N[C@@H](CC(=O)O)C(=O)NC(CO)C(=O)N1. The van der Waals surface area contributed by atoms with Crippen LogP contribution < -0.4 is 32.3 Å². The third-order valence-corrected chi connectivity index (χ3v) is 8.01. The van der Waals surface area contributed by atoms with Crippen LogP contribution in [0.25, 0.3) is 0 Å². The Labute approximate surface area is 266 Å². The van der Waals surface area contributed by atoms with E-state index in [1.165, 1.54) is 6.07 Å². The zero-order chi connectivity index (χ0) is 33.8. The zero-order valence-corrected chi connectivity index (χ0v) is 25.9. The molecule has 0 aliphatic carbocycles. The van der Waals surface area contributed by atoms with Gasteiger partial charge in [-0.25, -0.2) is 0 Å². The Balaban J connectivity index is 2.03. The van der Waals surface area contributed by atoms with Crippen LogP contribution in [0, 0.1) is 0 Å². The first-order valence-electron chi connectivity index (χ1n) is 15.5. The van der Waals surface area contributed by atoms with Crippen LogP contribution in [0.1, 0.15) is 56.6 Å². The monoisotopic (exact) mass is 647 g/mol. The predicted octanol–water partition coefficient (Wildman–Crippen LogP) is -2.42. The van der Waals surface area contributed by atoms with E-state index >= 15 is 0 Å². The van der Waals surface area contributed by atoms with Gasteiger partial charge in [0.2, 0.25) is 29.5 Å². The van der Waals surface area contributed by atoms with E-state index < -0.39 is 78.7 Å². The van der Waals surface area contributed by atoms with E-state index in [0.29, 0.717) is 49.9 Å². The number of aromatic hydroxyl groups is 1. The van der Waals surface area contributed by atoms with E-state index in [9.17, 15) is 44.1 Å². The number of carbonyl (C=O) groups is 6. The molecule has 16 heteroatoms. The Kier molecular flexibility index (Phi) is 13.7. The van der Waals surface area contributed by atoms with Crippen LogP contribution in [0.15, 0.2) is 18.2 Å². The highest BCUT2D eigenvalue weighted by molar-refractivity contribution is 5.97. The lowest BCUT2D eigenvalue weighted by atomic mass is 10.0. The molecule has 0 radical (unpaired) electrons. The highest BCUT2D eigenvalue weighted by Crippen LogP contribution is 2.26. The van der Waals surface area contributed by atoms with E-state index in [1.54, 1.807) is 19.1 Å². The van der Waals surface area contributed by atoms with E-state index in [-0.39, 0.29) is 31.7 Å². The number of rotatable bonds is 9. The second-order valence-corrected chi connectivity index (χ2v) is 11.5. The molecule has 2 aliphatic rings. The van der Waals surface area contributed by atoms with Crippen molar-refractivity contribution in [1.29, 1.82) is 0 Å². The minimum absolute atomic E-state index is 0.0109. The molecule has 2 heterocycles. The summed E-state index contributed by atoms with van der Waals surface area (Å²) >= 11 is 0. The average Bonchev–Trinajstić information content (AvgIpc) is 3.47. The van der Waals surface area contributed by atoms with Gasteiger partial charge in [-0.1, -0.05) is 12.1 Å². The third-order valence-electron chi connectivity index (χ3n) is 8.01. The van der Waals surface area contributed by atoms with Crippen LogP contribution in [0.4, 0.5) is 0 Å². The molecule has 2 unspecified atom stereocenters. The highest BCUT2D eigenvalue weighted by Gasteiger charge is 2.36. The van der Waals surface area contributed by atoms with Crippen LogP contribution in [0.5, 0.6) is 5.75 Å². The van der Waals surface area contributed by atoms with Gasteiger partial charge in [0.25, 0.3) is 0 Å². The fourth-order valence-corrected chi connectivity index (χ4v) is 5.59. The fraction of sp³-hybridized carbons (Fsp3) is 0.600. The van der Waals surface area contributed by atoms with Crippen LogP contribution in [-0.4, -0.2) is 112 Å². The molecule has 0 spiro atoms. The van der Waals surface area contributed by atoms with E-state index in [0.717, 1.165) is 0 Å². The molecule has 5 amide bonds. The molecular weight excluding hydrogens is 602 g/mol. The van der Waals surface area contributed by atoms with Crippen LogP contribution in [-0.2, 0) is 41.7 Å². The number of carbonyl (C=O) groups excluding carboxylic acids is 5. The lowest BCUT2D eigenvalue weighted by Crippen LogP contribution is -2.60. The molecule has 1 fully saturated rings. The van der Waals surface area contributed by atoms with Crippen molar-refractivity contribution in [3.05, 3.63) is 29.3 Å². The van der Waals surface area contributed by atoms with Gasteiger partial charge >= 0.3 is 5.97 Å². The summed E-state index contributed by atoms with van der Waals surface area (Å²) in [6.07, 6.45) is 1.48. The Morgan fingerprint density at radius 2 is 1.65 bits per heavy atom. The van der Waals surface area contributed by atoms with Crippen molar-refractivity contribution in [3.63, 3.8) is 0 Å². The van der Waals surface area contributed by atoms with Crippen molar-refractivity contribution < 1.29 is 44.1 Å². The van der Waals surface area contributed by atoms with Gasteiger partial charge < -0.3 is 47.6 Å². The largest absolute Gasteiger partial charge is 0.508 e. The number of nitrogens with one attached hydrogen (secondary N) is 5. The van der Waals surface area contributed by atoms with Crippen molar-refractivity contribution in [3.8, 4) is 5.75 Å². The molecule has 1 aromatic rings. The second kappa shape index (κ2) is 17.4. The topological polar surface area (TPSA) is 253 Å². The van der Waals surface area contributed by atoms with Crippen molar-refractivity contribution in [2.24, 2.45) is 5.73 Å². The van der Waals surface area contributed by atoms with Gasteiger partial charge in [-0.05, 0) is 63.7 Å². The maximum Gasteiger partial charge on any atom is 0.305 e. The summed E-state index contributed by atoms with van der Waals surface area (Å²) in [6.45, 7) is 2.12. The number of aliphatic hydroxyl groups excluding tert-OH is 1. The number of carboxylic acid groups (broad SMARTS) is 1. The maximum absolute atomic E-state index is 13.5. The second-order valence-electron chi connectivity index (χ2n) is 11.5. The van der Waals surface area contributed by atoms with Crippen molar-refractivity contribution in [2.45, 2.75) is 88.6 Å². The van der Waals surface area contributed by atoms with E-state index in [4.69, 9.17) is 5.73 Å². The number of amides is 5. The molecular formula is C30H45N7O9. The number of phenolic OH excluding ortho intramolecular Hbond substituents is 1. The summed E-state index contributed by atoms with van der Waals surface area (Å²) in [5, 5.41) is 42.7. The molecule has 1 aromatic carbocycles. The van der Waals surface area contributed by atoms with Gasteiger partial charge in [0.15, 0.2) is 0 Å². The molecule has 2 aliphatic heterocycles. The molecule has 16 nitrogen and oxygen atoms in total. The van der Waals surface area contributed by atoms with Gasteiger partial charge in [-0.15, -0.1) is 0 Å². The zero-order valence-electron chi connectivity index (χ0n) is 25.9. The number of aliphatic hydroxyl groups is 1. The van der Waals surface area contributed by atoms with Crippen LogP contribution in [0.3, 0.4) is 0 Å². The van der Waals surface area contributed by atoms with Gasteiger partial charge in [0, 0.05) is 25.1 Å². The quantitative estimate of drug-likeness (QED) is 0.128. The Hall–Kier alpha value is -4.28. The number of nitrogens with two attached hydrogens (primary N) is 1. The lowest BCUT2D eigenvalue weighted by Gasteiger charge is -2.27. The van der Waals surface area contributed by atoms with Crippen LogP contribution in [0.2, 0.25) is 0 Å². The number of benzene rings is 1. The molecule has 0 aromatic heterocycles. The van der Waals surface area contributed by atoms with Gasteiger partial charge in [0.1, 0.15) is 29.9 Å². The number of carboxylic acids is 1. The van der Waals surface area contributed by atoms with Crippen molar-refractivity contribution in [2.75, 3.05) is 26.2 Å². The van der Waals surface area contributed by atoms with Gasteiger partial charge in [-0.2, -0.15) is 0 Å². The number of fused-ring (bicyclic) bond motifs is 3. The van der Waals surface area contributed by atoms with E-state index in [1.807, 2.05) is 4.90 Å². The maximum atomic E-state index is 13.5. The molecule has 10 N–H and O–H groups in total. The van der Waals surface area contributed by atoms with Gasteiger partial charge in [0.05, 0.1) is 19.1 Å². The summed E-state index contributed by atoms with van der Waals surface area (Å²) < 4.78 is 0. The summed E-state index contributed by atoms with van der Waals surface area (Å²) in [6, 6.07) is -1.42. The first kappa shape index (κ1) is 36.2. The minimum Gasteiger partial charge on any atom is -0.508 e. The van der Waals surface area contributed by atoms with Crippen molar-refractivity contribution >= 4 is 35.5 Å². The number of unbranched alkanes of at least 4 members (excludes halogenated alkanes) is 1. The van der Waals surface area contributed by atoms with Crippen LogP contribution >= 0.6 is 0 Å². The molecule has 2 bridgehead atoms. The number of nitrogens with zero attached hydrogens (tertiary/aromatic N) is 1. The molecule has 3 rings (SSSR count). The summed E-state index contributed by atoms with van der Waals surface area (Å²) in [4.78, 5) is 79.8. The summed E-state index contributed by atoms with van der Waals surface area (Å²) in [5.74, 6) is -5.20. The third kappa shape index (κ3) is 10.1. The number of hydrogen-bond acceptors (Lipinski definition) is 10. The highest BCUT2D eigenvalue weighted by atomic mass is 16.4. The Morgan fingerprint density at radius 3 is 2.33 bits per heavy atom. The lowest BCUT2D eigenvalue weighted by molar-refractivity contribution is -0.141. The molecule has 5 atom stereocenters. The molecule has 0 saturated carbocycles. The number of aliphatic carboxylic acids is 1. The Bertz CT molecular complexity index is 1280. The van der Waals surface area contributed by atoms with Gasteiger partial charge in [-0.3, -0.25) is 33.7 Å².